The monoisotopic (exact) mass is 665 g/mol. The number of aliphatic hydroxyl groups excluding tert-OH is 1. The topological polar surface area (TPSA) is 102 Å². The van der Waals surface area contributed by atoms with Crippen molar-refractivity contribution in [3.8, 4) is 40.2 Å². The van der Waals surface area contributed by atoms with E-state index < -0.39 is 6.09 Å². The lowest BCUT2D eigenvalue weighted by Gasteiger charge is -2.37. The molecule has 49 heavy (non-hydrogen) atoms. The highest BCUT2D eigenvalue weighted by molar-refractivity contribution is 5.71. The second-order valence-electron chi connectivity index (χ2n) is 13.0. The fourth-order valence-corrected chi connectivity index (χ4v) is 7.42. The number of aliphatic hydroxyl groups is 1. The molecule has 4 aromatic carbocycles. The summed E-state index contributed by atoms with van der Waals surface area (Å²) in [6.45, 7) is 1.57. The molecule has 0 spiro atoms. The van der Waals surface area contributed by atoms with Crippen LogP contribution >= 0.6 is 0 Å². The van der Waals surface area contributed by atoms with Crippen molar-refractivity contribution in [3.63, 3.8) is 0 Å². The summed E-state index contributed by atoms with van der Waals surface area (Å²) in [7, 11) is 9.09. The molecule has 10 nitrogen and oxygen atoms in total. The average molecular weight is 666 g/mol. The van der Waals surface area contributed by atoms with E-state index in [0.717, 1.165) is 53.7 Å². The number of carbonyl (C=O) groups is 1. The predicted molar refractivity (Wildman–Crippen MR) is 186 cm³/mol. The number of rotatable bonds is 4. The van der Waals surface area contributed by atoms with Gasteiger partial charge in [0.2, 0.25) is 0 Å². The van der Waals surface area contributed by atoms with Gasteiger partial charge < -0.3 is 34.1 Å². The summed E-state index contributed by atoms with van der Waals surface area (Å²) < 4.78 is 31.0. The van der Waals surface area contributed by atoms with Gasteiger partial charge in [0.1, 0.15) is 5.75 Å². The van der Waals surface area contributed by atoms with Crippen molar-refractivity contribution in [2.45, 2.75) is 44.4 Å². The first-order valence-electron chi connectivity index (χ1n) is 16.7. The van der Waals surface area contributed by atoms with Crippen LogP contribution in [0.25, 0.3) is 0 Å². The van der Waals surface area contributed by atoms with Gasteiger partial charge in [-0.3, -0.25) is 9.80 Å². The van der Waals surface area contributed by atoms with Gasteiger partial charge in [-0.1, -0.05) is 18.2 Å². The summed E-state index contributed by atoms with van der Waals surface area (Å²) in [5, 5.41) is 13.0. The average Bonchev–Trinajstić information content (AvgIpc) is 3.11. The molecule has 4 heterocycles. The Labute approximate surface area is 287 Å². The van der Waals surface area contributed by atoms with E-state index >= 15 is 0 Å². The van der Waals surface area contributed by atoms with E-state index in [4.69, 9.17) is 23.7 Å². The molecule has 2 atom stereocenters. The predicted octanol–water partition coefficient (Wildman–Crippen LogP) is 6.36. The Morgan fingerprint density at radius 2 is 1.53 bits per heavy atom. The molecule has 10 heteroatoms. The Kier molecular flexibility index (Phi) is 9.11. The lowest BCUT2D eigenvalue weighted by atomic mass is 9.86. The van der Waals surface area contributed by atoms with Crippen LogP contribution < -0.4 is 29.0 Å². The minimum absolute atomic E-state index is 0.0206. The largest absolute Gasteiger partial charge is 0.493 e. The number of likely N-dealkylation sites (N-methyl/N-ethyl adjacent to an activating group) is 2. The fraction of sp³-hybridized carbons (Fsp3) is 0.359. The summed E-state index contributed by atoms with van der Waals surface area (Å²) in [6.07, 6.45) is 2.50. The van der Waals surface area contributed by atoms with Gasteiger partial charge in [0, 0.05) is 43.3 Å². The summed E-state index contributed by atoms with van der Waals surface area (Å²) >= 11 is 0. The number of nitrogens with one attached hydrogen (secondary N) is 1. The van der Waals surface area contributed by atoms with Crippen LogP contribution in [0.1, 0.15) is 51.0 Å². The first-order valence-corrected chi connectivity index (χ1v) is 16.7. The van der Waals surface area contributed by atoms with Crippen molar-refractivity contribution in [2.75, 3.05) is 48.5 Å². The second-order valence-corrected chi connectivity index (χ2v) is 13.0. The van der Waals surface area contributed by atoms with Crippen molar-refractivity contribution < 1.29 is 33.6 Å². The molecule has 4 aliphatic heterocycles. The molecule has 4 aromatic rings. The van der Waals surface area contributed by atoms with Crippen molar-refractivity contribution in [3.05, 3.63) is 99.6 Å². The molecule has 0 aliphatic carbocycles. The lowest BCUT2D eigenvalue weighted by molar-refractivity contribution is 0.201. The van der Waals surface area contributed by atoms with E-state index in [0.29, 0.717) is 58.7 Å². The van der Waals surface area contributed by atoms with Crippen LogP contribution in [0, 0.1) is 0 Å². The van der Waals surface area contributed by atoms with E-state index in [1.807, 2.05) is 24.3 Å². The standard InChI is InChI=1S/C39H43N3O7/c1-40-39(44)49-32-11-8-24-17-30-29-21-35(33(45-4)20-25(29)12-14-41(30)2)48-38-36-26(19-27(22-43)37(38)46-5)13-15-42(3)31(36)16-23-6-9-28(10-7-23)47-34(32)18-24/h6-11,18-21,30-31,43H,12-17,22H2,1-5H3,(H,40,44)/t30-,31+/m1/s1. The number of fused-ring (bicyclic) bond motifs is 2. The second kappa shape index (κ2) is 13.6. The van der Waals surface area contributed by atoms with Crippen LogP contribution in [0.2, 0.25) is 0 Å². The highest BCUT2D eigenvalue weighted by Crippen LogP contribution is 2.50. The zero-order valence-electron chi connectivity index (χ0n) is 28.7. The Bertz CT molecular complexity index is 1880. The van der Waals surface area contributed by atoms with Gasteiger partial charge in [-0.25, -0.2) is 4.79 Å². The van der Waals surface area contributed by atoms with Gasteiger partial charge in [-0.2, -0.15) is 0 Å². The summed E-state index contributed by atoms with van der Waals surface area (Å²) in [5.74, 6) is 3.80. The van der Waals surface area contributed by atoms with Crippen molar-refractivity contribution in [1.82, 2.24) is 15.1 Å². The Morgan fingerprint density at radius 1 is 0.837 bits per heavy atom. The van der Waals surface area contributed by atoms with Crippen LogP contribution in [-0.4, -0.2) is 69.5 Å². The van der Waals surface area contributed by atoms with Gasteiger partial charge in [0.15, 0.2) is 34.5 Å². The van der Waals surface area contributed by atoms with Gasteiger partial charge >= 0.3 is 6.09 Å². The van der Waals surface area contributed by atoms with Gasteiger partial charge in [0.05, 0.1) is 20.8 Å². The Morgan fingerprint density at radius 3 is 2.24 bits per heavy atom. The molecule has 8 rings (SSSR count). The van der Waals surface area contributed by atoms with Gasteiger partial charge in [0.25, 0.3) is 0 Å². The van der Waals surface area contributed by atoms with Crippen LogP contribution in [-0.2, 0) is 32.3 Å². The number of carbonyl (C=O) groups excluding carboxylic acids is 1. The summed E-state index contributed by atoms with van der Waals surface area (Å²) in [6, 6.07) is 20.0. The highest BCUT2D eigenvalue weighted by Gasteiger charge is 2.34. The molecule has 0 saturated heterocycles. The minimum atomic E-state index is -0.566. The first-order chi connectivity index (χ1) is 23.8. The smallest absolute Gasteiger partial charge is 0.412 e. The normalized spacial score (nSPS) is 18.7. The zero-order valence-corrected chi connectivity index (χ0v) is 28.7. The Hall–Kier alpha value is -4.77. The fourth-order valence-electron chi connectivity index (χ4n) is 7.42. The number of hydrogen-bond donors (Lipinski definition) is 2. The third-order valence-corrected chi connectivity index (χ3v) is 10.1. The molecule has 4 aliphatic rings. The first kappa shape index (κ1) is 32.8. The molecular formula is C39H43N3O7. The highest BCUT2D eigenvalue weighted by atomic mass is 16.6. The quantitative estimate of drug-likeness (QED) is 0.258. The molecule has 0 unspecified atom stereocenters. The van der Waals surface area contributed by atoms with Gasteiger partial charge in [-0.15, -0.1) is 0 Å². The molecule has 0 saturated carbocycles. The number of benzene rings is 4. The van der Waals surface area contributed by atoms with E-state index in [-0.39, 0.29) is 18.7 Å². The van der Waals surface area contributed by atoms with Crippen LogP contribution in [0.3, 0.4) is 0 Å². The summed E-state index contributed by atoms with van der Waals surface area (Å²) in [4.78, 5) is 16.9. The maximum absolute atomic E-state index is 12.2. The lowest BCUT2D eigenvalue weighted by Crippen LogP contribution is -2.34. The zero-order chi connectivity index (χ0) is 34.2. The van der Waals surface area contributed by atoms with E-state index in [9.17, 15) is 9.90 Å². The molecule has 256 valence electrons. The SMILES string of the molecule is CNC(=O)Oc1ccc2cc1Oc1ccc(cc1)C[C@H]1c3c(cc(CO)c(OC)c3Oc3cc4c(cc3OC)CCN(C)[C@@H]4C2)CCN1C. The molecule has 2 N–H and O–H groups in total. The maximum atomic E-state index is 12.2. The number of amides is 1. The van der Waals surface area contributed by atoms with Crippen molar-refractivity contribution in [2.24, 2.45) is 0 Å². The Balaban J connectivity index is 1.44. The summed E-state index contributed by atoms with van der Waals surface area (Å²) in [5.41, 5.74) is 7.36. The third-order valence-electron chi connectivity index (χ3n) is 10.1. The van der Waals surface area contributed by atoms with Crippen LogP contribution in [0.4, 0.5) is 4.79 Å². The van der Waals surface area contributed by atoms with E-state index in [2.05, 4.69) is 59.5 Å². The molecule has 0 aromatic heterocycles. The maximum Gasteiger partial charge on any atom is 0.412 e. The third kappa shape index (κ3) is 6.27. The van der Waals surface area contributed by atoms with E-state index in [1.54, 1.807) is 20.3 Å². The number of methoxy groups -OCH3 is 2. The van der Waals surface area contributed by atoms with Crippen molar-refractivity contribution in [1.29, 1.82) is 0 Å². The number of hydrogen-bond acceptors (Lipinski definition) is 9. The van der Waals surface area contributed by atoms with Crippen LogP contribution in [0.5, 0.6) is 40.2 Å². The van der Waals surface area contributed by atoms with E-state index in [1.165, 1.54) is 12.6 Å². The molecule has 0 radical (unpaired) electrons. The molecular weight excluding hydrogens is 622 g/mol. The number of nitrogens with zero attached hydrogens (tertiary/aromatic N) is 2. The minimum Gasteiger partial charge on any atom is -0.493 e. The van der Waals surface area contributed by atoms with Gasteiger partial charge in [-0.05, 0) is 110 Å². The molecule has 0 fully saturated rings. The molecule has 6 bridgehead atoms. The van der Waals surface area contributed by atoms with Crippen LogP contribution in [0.15, 0.2) is 60.7 Å². The number of ether oxygens (including phenoxy) is 5. The molecule has 1 amide bonds. The van der Waals surface area contributed by atoms with Crippen molar-refractivity contribution >= 4 is 6.09 Å².